The van der Waals surface area contributed by atoms with Gasteiger partial charge in [-0.1, -0.05) is 12.1 Å². The lowest BCUT2D eigenvalue weighted by molar-refractivity contribution is -0.116. The van der Waals surface area contributed by atoms with Gasteiger partial charge in [-0.05, 0) is 42.8 Å². The second-order valence-corrected chi connectivity index (χ2v) is 6.88. The topological polar surface area (TPSA) is 82.0 Å². The number of nitrogens with one attached hydrogen (secondary N) is 2. The second kappa shape index (κ2) is 6.77. The van der Waals surface area contributed by atoms with Gasteiger partial charge in [-0.25, -0.2) is 0 Å². The van der Waals surface area contributed by atoms with Crippen molar-refractivity contribution in [3.05, 3.63) is 53.6 Å². The van der Waals surface area contributed by atoms with E-state index in [0.29, 0.717) is 11.3 Å². The van der Waals surface area contributed by atoms with Gasteiger partial charge in [0, 0.05) is 10.6 Å². The van der Waals surface area contributed by atoms with Crippen LogP contribution in [0.4, 0.5) is 11.4 Å². The van der Waals surface area contributed by atoms with E-state index in [1.54, 1.807) is 24.3 Å². The molecule has 2 N–H and O–H groups in total. The molecular weight excluding hydrogens is 322 g/mol. The second-order valence-electron chi connectivity index (χ2n) is 5.50. The van der Waals surface area contributed by atoms with Crippen LogP contribution in [0.25, 0.3) is 0 Å². The first-order valence-corrected chi connectivity index (χ1v) is 8.33. The molecule has 0 aromatic heterocycles. The number of carbonyl (C=O) groups excluding carboxylic acids is 2. The predicted molar refractivity (Wildman–Crippen MR) is 93.9 cm³/mol. The molecule has 1 aliphatic rings. The van der Waals surface area contributed by atoms with Crippen molar-refractivity contribution in [2.75, 3.05) is 10.6 Å². The van der Waals surface area contributed by atoms with Gasteiger partial charge in [-0.2, -0.15) is 5.26 Å². The first-order valence-electron chi connectivity index (χ1n) is 7.45. The highest BCUT2D eigenvalue weighted by molar-refractivity contribution is 8.00. The van der Waals surface area contributed by atoms with E-state index < -0.39 is 0 Å². The summed E-state index contributed by atoms with van der Waals surface area (Å²) in [6, 6.07) is 14.5. The molecule has 120 valence electrons. The standard InChI is InChI=1S/C18H15N3O2S/c1-11-18(23)21-15-8-12(5-6-16(15)24-11)9-17(22)20-14-4-2-3-13(7-14)10-19/h2-8,11H,9H2,1H3,(H,20,22)(H,21,23). The lowest BCUT2D eigenvalue weighted by atomic mass is 10.1. The van der Waals surface area contributed by atoms with Gasteiger partial charge in [0.05, 0.1) is 29.0 Å². The van der Waals surface area contributed by atoms with Crippen molar-refractivity contribution >= 4 is 35.0 Å². The van der Waals surface area contributed by atoms with Crippen LogP contribution in [0.3, 0.4) is 0 Å². The zero-order valence-electron chi connectivity index (χ0n) is 13.0. The number of nitrogens with zero attached hydrogens (tertiary/aromatic N) is 1. The van der Waals surface area contributed by atoms with Crippen LogP contribution in [0.5, 0.6) is 0 Å². The van der Waals surface area contributed by atoms with Gasteiger partial charge in [0.1, 0.15) is 0 Å². The van der Waals surface area contributed by atoms with E-state index in [4.69, 9.17) is 5.26 Å². The predicted octanol–water partition coefficient (Wildman–Crippen LogP) is 3.17. The average molecular weight is 337 g/mol. The lowest BCUT2D eigenvalue weighted by Crippen LogP contribution is -2.26. The molecule has 0 radical (unpaired) electrons. The molecule has 0 bridgehead atoms. The Morgan fingerprint density at radius 1 is 1.33 bits per heavy atom. The summed E-state index contributed by atoms with van der Waals surface area (Å²) >= 11 is 1.51. The fraction of sp³-hybridized carbons (Fsp3) is 0.167. The van der Waals surface area contributed by atoms with Crippen molar-refractivity contribution in [2.45, 2.75) is 23.5 Å². The molecule has 1 unspecified atom stereocenters. The van der Waals surface area contributed by atoms with E-state index in [2.05, 4.69) is 10.6 Å². The Morgan fingerprint density at radius 2 is 2.17 bits per heavy atom. The Bertz CT molecular complexity index is 858. The molecule has 1 atom stereocenters. The number of nitriles is 1. The summed E-state index contributed by atoms with van der Waals surface area (Å²) in [5, 5.41) is 14.4. The number of fused-ring (bicyclic) bond motifs is 1. The summed E-state index contributed by atoms with van der Waals surface area (Å²) in [6.45, 7) is 1.86. The van der Waals surface area contributed by atoms with Gasteiger partial charge >= 0.3 is 0 Å². The van der Waals surface area contributed by atoms with Crippen molar-refractivity contribution in [3.63, 3.8) is 0 Å². The first-order chi connectivity index (χ1) is 11.5. The maximum absolute atomic E-state index is 12.2. The minimum atomic E-state index is -0.173. The van der Waals surface area contributed by atoms with Crippen LogP contribution < -0.4 is 10.6 Å². The molecule has 0 fully saturated rings. The fourth-order valence-corrected chi connectivity index (χ4v) is 3.35. The number of hydrogen-bond acceptors (Lipinski definition) is 4. The summed E-state index contributed by atoms with van der Waals surface area (Å²) in [7, 11) is 0. The molecule has 6 heteroatoms. The monoisotopic (exact) mass is 337 g/mol. The lowest BCUT2D eigenvalue weighted by Gasteiger charge is -2.21. The molecule has 2 amide bonds. The molecule has 0 saturated heterocycles. The number of thioether (sulfide) groups is 1. The molecule has 1 heterocycles. The zero-order valence-corrected chi connectivity index (χ0v) is 13.8. The number of hydrogen-bond donors (Lipinski definition) is 2. The Labute approximate surface area is 144 Å². The van der Waals surface area contributed by atoms with E-state index in [9.17, 15) is 9.59 Å². The van der Waals surface area contributed by atoms with Crippen LogP contribution >= 0.6 is 11.8 Å². The third-order valence-electron chi connectivity index (χ3n) is 3.61. The van der Waals surface area contributed by atoms with Crippen molar-refractivity contribution in [1.82, 2.24) is 0 Å². The number of amides is 2. The van der Waals surface area contributed by atoms with Crippen LogP contribution in [-0.4, -0.2) is 17.1 Å². The van der Waals surface area contributed by atoms with Crippen LogP contribution in [0, 0.1) is 11.3 Å². The highest BCUT2D eigenvalue weighted by Gasteiger charge is 2.23. The summed E-state index contributed by atoms with van der Waals surface area (Å²) in [4.78, 5) is 24.9. The van der Waals surface area contributed by atoms with E-state index in [-0.39, 0.29) is 23.5 Å². The van der Waals surface area contributed by atoms with Crippen LogP contribution in [0.1, 0.15) is 18.1 Å². The molecule has 3 rings (SSSR count). The van der Waals surface area contributed by atoms with Gasteiger partial charge < -0.3 is 10.6 Å². The third-order valence-corrected chi connectivity index (χ3v) is 4.79. The number of carbonyl (C=O) groups is 2. The van der Waals surface area contributed by atoms with Crippen molar-refractivity contribution in [3.8, 4) is 6.07 Å². The maximum atomic E-state index is 12.2. The third kappa shape index (κ3) is 3.58. The van der Waals surface area contributed by atoms with Crippen LogP contribution in [-0.2, 0) is 16.0 Å². The Balaban J connectivity index is 1.70. The number of benzene rings is 2. The molecule has 2 aromatic rings. The Hall–Kier alpha value is -2.78. The van der Waals surface area contributed by atoms with Gasteiger partial charge in [-0.3, -0.25) is 9.59 Å². The summed E-state index contributed by atoms with van der Waals surface area (Å²) in [5.41, 5.74) is 2.66. The summed E-state index contributed by atoms with van der Waals surface area (Å²) in [6.07, 6.45) is 0.195. The molecule has 2 aromatic carbocycles. The number of rotatable bonds is 3. The molecule has 0 saturated carbocycles. The average Bonchev–Trinajstić information content (AvgIpc) is 2.56. The SMILES string of the molecule is CC1Sc2ccc(CC(=O)Nc3cccc(C#N)c3)cc2NC1=O. The van der Waals surface area contributed by atoms with Crippen molar-refractivity contribution < 1.29 is 9.59 Å². The maximum Gasteiger partial charge on any atom is 0.237 e. The zero-order chi connectivity index (χ0) is 17.1. The first kappa shape index (κ1) is 16.1. The molecule has 5 nitrogen and oxygen atoms in total. The van der Waals surface area contributed by atoms with Crippen molar-refractivity contribution in [1.29, 1.82) is 5.26 Å². The van der Waals surface area contributed by atoms with Gasteiger partial charge in [0.2, 0.25) is 11.8 Å². The normalized spacial score (nSPS) is 15.8. The summed E-state index contributed by atoms with van der Waals surface area (Å²) < 4.78 is 0. The minimum absolute atomic E-state index is 0.0255. The van der Waals surface area contributed by atoms with E-state index in [1.165, 1.54) is 11.8 Å². The van der Waals surface area contributed by atoms with E-state index >= 15 is 0 Å². The van der Waals surface area contributed by atoms with Gasteiger partial charge in [-0.15, -0.1) is 11.8 Å². The minimum Gasteiger partial charge on any atom is -0.326 e. The molecular formula is C18H15N3O2S. The molecule has 24 heavy (non-hydrogen) atoms. The van der Waals surface area contributed by atoms with E-state index in [1.807, 2.05) is 31.2 Å². The smallest absolute Gasteiger partial charge is 0.237 e. The van der Waals surface area contributed by atoms with Crippen molar-refractivity contribution in [2.24, 2.45) is 0 Å². The number of anilines is 2. The Morgan fingerprint density at radius 3 is 2.96 bits per heavy atom. The molecule has 1 aliphatic heterocycles. The van der Waals surface area contributed by atoms with Crippen LogP contribution in [0.2, 0.25) is 0 Å². The highest BCUT2D eigenvalue weighted by Crippen LogP contribution is 2.36. The fourth-order valence-electron chi connectivity index (χ4n) is 2.42. The molecule has 0 aliphatic carbocycles. The van der Waals surface area contributed by atoms with Gasteiger partial charge in [0.15, 0.2) is 0 Å². The largest absolute Gasteiger partial charge is 0.326 e. The van der Waals surface area contributed by atoms with Gasteiger partial charge in [0.25, 0.3) is 0 Å². The quantitative estimate of drug-likeness (QED) is 0.901. The molecule has 0 spiro atoms. The van der Waals surface area contributed by atoms with E-state index in [0.717, 1.165) is 16.1 Å². The summed E-state index contributed by atoms with van der Waals surface area (Å²) in [5.74, 6) is -0.199. The highest BCUT2D eigenvalue weighted by atomic mass is 32.2. The van der Waals surface area contributed by atoms with Crippen LogP contribution in [0.15, 0.2) is 47.4 Å². The Kier molecular flexibility index (Phi) is 4.54.